The molecule has 3 aliphatic heterocycles. The normalized spacial score (nSPS) is 30.9. The third-order valence-corrected chi connectivity index (χ3v) is 6.74. The fourth-order valence-electron chi connectivity index (χ4n) is 4.98. The van der Waals surface area contributed by atoms with Gasteiger partial charge in [0.2, 0.25) is 0 Å². The van der Waals surface area contributed by atoms with Gasteiger partial charge in [0.1, 0.15) is 5.75 Å². The number of fused-ring (bicyclic) bond motifs is 2. The summed E-state index contributed by atoms with van der Waals surface area (Å²) in [6.07, 6.45) is 1.95. The SMILES string of the molecule is CNC(=O)c1cc(C(=O)N[C@H]2[C@@H]3COC[C@@H]32)cc2c1OCC2C1CCOCC1. The zero-order chi connectivity index (χ0) is 19.3. The summed E-state index contributed by atoms with van der Waals surface area (Å²) < 4.78 is 16.9. The maximum Gasteiger partial charge on any atom is 0.254 e. The second kappa shape index (κ2) is 7.04. The van der Waals surface area contributed by atoms with E-state index in [4.69, 9.17) is 14.2 Å². The van der Waals surface area contributed by atoms with E-state index >= 15 is 0 Å². The molecule has 1 unspecified atom stereocenters. The van der Waals surface area contributed by atoms with E-state index in [1.54, 1.807) is 13.1 Å². The van der Waals surface area contributed by atoms with Crippen LogP contribution in [0, 0.1) is 17.8 Å². The highest BCUT2D eigenvalue weighted by Gasteiger charge is 2.54. The molecule has 2 saturated heterocycles. The lowest BCUT2D eigenvalue weighted by Crippen LogP contribution is -2.30. The van der Waals surface area contributed by atoms with Gasteiger partial charge in [0.15, 0.2) is 0 Å². The fourth-order valence-corrected chi connectivity index (χ4v) is 4.98. The molecule has 1 aromatic rings. The smallest absolute Gasteiger partial charge is 0.254 e. The number of benzene rings is 1. The molecule has 1 aromatic carbocycles. The van der Waals surface area contributed by atoms with Gasteiger partial charge >= 0.3 is 0 Å². The number of nitrogens with one attached hydrogen (secondary N) is 2. The van der Waals surface area contributed by atoms with Crippen LogP contribution in [0.25, 0.3) is 0 Å². The molecule has 1 saturated carbocycles. The lowest BCUT2D eigenvalue weighted by molar-refractivity contribution is 0.0551. The zero-order valence-corrected chi connectivity index (χ0v) is 16.0. The van der Waals surface area contributed by atoms with Crippen LogP contribution in [0.3, 0.4) is 0 Å². The average Bonchev–Trinajstić information content (AvgIpc) is 3.10. The summed E-state index contributed by atoms with van der Waals surface area (Å²) in [5.41, 5.74) is 1.96. The number of ether oxygens (including phenoxy) is 3. The van der Waals surface area contributed by atoms with E-state index in [-0.39, 0.29) is 23.8 Å². The van der Waals surface area contributed by atoms with Crippen LogP contribution in [0.2, 0.25) is 0 Å². The number of carbonyl (C=O) groups is 2. The Bertz CT molecular complexity index is 794. The Morgan fingerprint density at radius 1 is 1.00 bits per heavy atom. The van der Waals surface area contributed by atoms with Crippen LogP contribution in [0.5, 0.6) is 5.75 Å². The Hall–Kier alpha value is -2.12. The Balaban J connectivity index is 1.44. The van der Waals surface area contributed by atoms with Gasteiger partial charge in [-0.1, -0.05) is 0 Å². The highest BCUT2D eigenvalue weighted by molar-refractivity contribution is 6.02. The molecule has 2 amide bonds. The largest absolute Gasteiger partial charge is 0.492 e. The molecular weight excluding hydrogens is 360 g/mol. The maximum absolute atomic E-state index is 12.9. The van der Waals surface area contributed by atoms with Crippen LogP contribution < -0.4 is 15.4 Å². The van der Waals surface area contributed by atoms with E-state index in [1.165, 1.54) is 0 Å². The molecule has 0 bridgehead atoms. The molecule has 4 atom stereocenters. The van der Waals surface area contributed by atoms with E-state index in [1.807, 2.05) is 6.07 Å². The van der Waals surface area contributed by atoms with Gasteiger partial charge in [-0.05, 0) is 30.9 Å². The molecule has 0 aromatic heterocycles. The topological polar surface area (TPSA) is 85.9 Å². The lowest BCUT2D eigenvalue weighted by Gasteiger charge is -2.27. The maximum atomic E-state index is 12.9. The van der Waals surface area contributed by atoms with Gasteiger partial charge in [0.25, 0.3) is 11.8 Å². The van der Waals surface area contributed by atoms with Crippen molar-refractivity contribution >= 4 is 11.8 Å². The molecule has 0 radical (unpaired) electrons. The molecule has 150 valence electrons. The van der Waals surface area contributed by atoms with Gasteiger partial charge in [0.05, 0.1) is 25.4 Å². The summed E-state index contributed by atoms with van der Waals surface area (Å²) in [6.45, 7) is 3.52. The third-order valence-electron chi connectivity index (χ3n) is 6.74. The molecule has 1 aliphatic carbocycles. The van der Waals surface area contributed by atoms with Crippen molar-refractivity contribution < 1.29 is 23.8 Å². The number of hydrogen-bond acceptors (Lipinski definition) is 5. The minimum atomic E-state index is -0.227. The van der Waals surface area contributed by atoms with Gasteiger partial charge in [-0.25, -0.2) is 0 Å². The van der Waals surface area contributed by atoms with Crippen LogP contribution in [0.1, 0.15) is 45.0 Å². The molecule has 4 aliphatic rings. The van der Waals surface area contributed by atoms with Crippen molar-refractivity contribution in [3.63, 3.8) is 0 Å². The number of carbonyl (C=O) groups excluding carboxylic acids is 2. The predicted octanol–water partition coefficient (Wildman–Crippen LogP) is 1.32. The first kappa shape index (κ1) is 17.9. The van der Waals surface area contributed by atoms with E-state index < -0.39 is 0 Å². The first-order valence-corrected chi connectivity index (χ1v) is 10.2. The third kappa shape index (κ3) is 2.97. The van der Waals surface area contributed by atoms with Gasteiger partial charge in [0, 0.05) is 55.2 Å². The van der Waals surface area contributed by atoms with Crippen LogP contribution in [-0.2, 0) is 9.47 Å². The van der Waals surface area contributed by atoms with Crippen LogP contribution >= 0.6 is 0 Å². The van der Waals surface area contributed by atoms with Crippen LogP contribution in [0.4, 0.5) is 0 Å². The molecule has 3 fully saturated rings. The minimum Gasteiger partial charge on any atom is -0.492 e. The van der Waals surface area contributed by atoms with Crippen LogP contribution in [-0.4, -0.2) is 57.9 Å². The van der Waals surface area contributed by atoms with Crippen molar-refractivity contribution in [2.45, 2.75) is 24.8 Å². The van der Waals surface area contributed by atoms with Crippen molar-refractivity contribution in [2.24, 2.45) is 17.8 Å². The highest BCUT2D eigenvalue weighted by atomic mass is 16.5. The molecule has 3 heterocycles. The van der Waals surface area contributed by atoms with E-state index in [9.17, 15) is 9.59 Å². The summed E-state index contributed by atoms with van der Waals surface area (Å²) in [5.74, 6) is 1.81. The van der Waals surface area contributed by atoms with E-state index in [0.717, 1.165) is 44.8 Å². The van der Waals surface area contributed by atoms with E-state index in [2.05, 4.69) is 10.6 Å². The van der Waals surface area contributed by atoms with Crippen molar-refractivity contribution in [1.82, 2.24) is 10.6 Å². The second-order valence-corrected chi connectivity index (χ2v) is 8.25. The Morgan fingerprint density at radius 3 is 2.46 bits per heavy atom. The molecule has 0 spiro atoms. The number of amides is 2. The first-order valence-electron chi connectivity index (χ1n) is 10.2. The van der Waals surface area contributed by atoms with E-state index in [0.29, 0.717) is 41.2 Å². The van der Waals surface area contributed by atoms with Gasteiger partial charge in [-0.15, -0.1) is 0 Å². The molecule has 7 heteroatoms. The van der Waals surface area contributed by atoms with Crippen molar-refractivity contribution in [1.29, 1.82) is 0 Å². The Labute approximate surface area is 164 Å². The summed E-state index contributed by atoms with van der Waals surface area (Å²) >= 11 is 0. The predicted molar refractivity (Wildman–Crippen MR) is 101 cm³/mol. The average molecular weight is 386 g/mol. The summed E-state index contributed by atoms with van der Waals surface area (Å²) in [5, 5.41) is 5.80. The molecular formula is C21H26N2O5. The Morgan fingerprint density at radius 2 is 1.75 bits per heavy atom. The summed E-state index contributed by atoms with van der Waals surface area (Å²) in [7, 11) is 1.60. The highest BCUT2D eigenvalue weighted by Crippen LogP contribution is 2.46. The number of rotatable bonds is 4. The standard InChI is InChI=1S/C21H26N2O5/c1-22-21(25)14-7-12(20(24)23-18-16-8-27-9-17(16)18)6-13-15(10-28-19(13)14)11-2-4-26-5-3-11/h6-7,11,15-18H,2-5,8-10H2,1H3,(H,22,25)(H,23,24)/t15?,16-,17+,18+. The quantitative estimate of drug-likeness (QED) is 0.815. The van der Waals surface area contributed by atoms with Gasteiger partial charge < -0.3 is 24.8 Å². The van der Waals surface area contributed by atoms with Gasteiger partial charge in [-0.2, -0.15) is 0 Å². The zero-order valence-electron chi connectivity index (χ0n) is 16.0. The van der Waals surface area contributed by atoms with Crippen molar-refractivity contribution in [3.8, 4) is 5.75 Å². The molecule has 28 heavy (non-hydrogen) atoms. The molecule has 5 rings (SSSR count). The minimum absolute atomic E-state index is 0.120. The van der Waals surface area contributed by atoms with Gasteiger partial charge in [-0.3, -0.25) is 9.59 Å². The second-order valence-electron chi connectivity index (χ2n) is 8.25. The molecule has 2 N–H and O–H groups in total. The van der Waals surface area contributed by atoms with Crippen molar-refractivity contribution in [3.05, 3.63) is 28.8 Å². The Kier molecular flexibility index (Phi) is 4.51. The summed E-state index contributed by atoms with van der Waals surface area (Å²) in [6, 6.07) is 3.79. The van der Waals surface area contributed by atoms with Crippen LogP contribution in [0.15, 0.2) is 12.1 Å². The van der Waals surface area contributed by atoms with Crippen molar-refractivity contribution in [2.75, 3.05) is 40.1 Å². The lowest BCUT2D eigenvalue weighted by atomic mass is 9.81. The monoisotopic (exact) mass is 386 g/mol. The summed E-state index contributed by atoms with van der Waals surface area (Å²) in [4.78, 5) is 25.4. The fraction of sp³-hybridized carbons (Fsp3) is 0.619. The molecule has 7 nitrogen and oxygen atoms in total. The number of hydrogen-bond donors (Lipinski definition) is 2. The first-order chi connectivity index (χ1) is 13.7.